The summed E-state index contributed by atoms with van der Waals surface area (Å²) in [7, 11) is -3.93. The number of amides is 1. The van der Waals surface area contributed by atoms with Crippen LogP contribution in [0, 0.1) is 0 Å². The largest absolute Gasteiger partial charge is 0.477 e. The number of aromatic carboxylic acids is 1. The fourth-order valence-electron chi connectivity index (χ4n) is 1.96. The third-order valence-corrected chi connectivity index (χ3v) is 4.48. The average molecular weight is 301 g/mol. The van der Waals surface area contributed by atoms with Crippen LogP contribution in [0.25, 0.3) is 0 Å². The molecule has 9 heteroatoms. The van der Waals surface area contributed by atoms with Gasteiger partial charge in [0.05, 0.1) is 0 Å². The minimum Gasteiger partial charge on any atom is -0.477 e. The maximum atomic E-state index is 12.1. The number of H-pyrrole nitrogens is 1. The summed E-state index contributed by atoms with van der Waals surface area (Å²) in [5.41, 5.74) is -0.226. The molecule has 1 unspecified atom stereocenters. The summed E-state index contributed by atoms with van der Waals surface area (Å²) in [5, 5.41) is 11.4. The molecule has 0 bridgehead atoms. The highest BCUT2D eigenvalue weighted by molar-refractivity contribution is 7.89. The molecule has 1 amide bonds. The molecule has 0 radical (unpaired) electrons. The number of carboxylic acid groups (broad SMARTS) is 1. The van der Waals surface area contributed by atoms with Gasteiger partial charge < -0.3 is 15.4 Å². The summed E-state index contributed by atoms with van der Waals surface area (Å²) < 4.78 is 26.5. The highest BCUT2D eigenvalue weighted by Gasteiger charge is 2.27. The molecule has 0 aromatic carbocycles. The molecule has 0 aliphatic carbocycles. The van der Waals surface area contributed by atoms with Gasteiger partial charge in [0.25, 0.3) is 0 Å². The summed E-state index contributed by atoms with van der Waals surface area (Å²) in [6.07, 6.45) is 3.04. The Morgan fingerprint density at radius 2 is 2.15 bits per heavy atom. The quantitative estimate of drug-likeness (QED) is 0.605. The van der Waals surface area contributed by atoms with E-state index in [0.29, 0.717) is 13.0 Å². The van der Waals surface area contributed by atoms with Crippen LogP contribution in [0.3, 0.4) is 0 Å². The highest BCUT2D eigenvalue weighted by atomic mass is 32.2. The first-order valence-electron chi connectivity index (χ1n) is 6.12. The Hall–Kier alpha value is -1.87. The minimum absolute atomic E-state index is 0.202. The molecule has 1 aliphatic heterocycles. The molecule has 1 fully saturated rings. The fraction of sp³-hybridized carbons (Fsp3) is 0.455. The Morgan fingerprint density at radius 3 is 2.80 bits per heavy atom. The third-order valence-electron chi connectivity index (χ3n) is 3.03. The predicted molar refractivity (Wildman–Crippen MR) is 68.7 cm³/mol. The van der Waals surface area contributed by atoms with Gasteiger partial charge in [-0.1, -0.05) is 0 Å². The number of carboxylic acids is 1. The van der Waals surface area contributed by atoms with Gasteiger partial charge in [0.15, 0.2) is 0 Å². The lowest BCUT2D eigenvalue weighted by Crippen LogP contribution is -2.45. The molecule has 1 aliphatic rings. The molecule has 2 rings (SSSR count). The first-order chi connectivity index (χ1) is 9.40. The zero-order valence-electron chi connectivity index (χ0n) is 10.5. The van der Waals surface area contributed by atoms with E-state index in [9.17, 15) is 18.0 Å². The molecule has 110 valence electrons. The Kier molecular flexibility index (Phi) is 4.09. The van der Waals surface area contributed by atoms with Crippen molar-refractivity contribution in [1.82, 2.24) is 15.0 Å². The summed E-state index contributed by atoms with van der Waals surface area (Å²) in [6, 6.07) is 0.185. The molecule has 1 saturated heterocycles. The topological polar surface area (TPSA) is 128 Å². The van der Waals surface area contributed by atoms with Gasteiger partial charge in [0, 0.05) is 12.7 Å². The number of nitrogens with one attached hydrogen (secondary N) is 3. The molecular formula is C11H15N3O5S. The molecule has 4 N–H and O–H groups in total. The maximum absolute atomic E-state index is 12.1. The van der Waals surface area contributed by atoms with Gasteiger partial charge in [-0.15, -0.1) is 0 Å². The minimum atomic E-state index is -3.93. The second-order valence-electron chi connectivity index (χ2n) is 4.51. The molecule has 2 heterocycles. The molecule has 1 aromatic heterocycles. The number of sulfonamides is 1. The molecule has 1 atom stereocenters. The van der Waals surface area contributed by atoms with E-state index >= 15 is 0 Å². The van der Waals surface area contributed by atoms with E-state index in [1.54, 1.807) is 0 Å². The van der Waals surface area contributed by atoms with Crippen LogP contribution in [0.15, 0.2) is 17.2 Å². The molecule has 8 nitrogen and oxygen atoms in total. The number of rotatable bonds is 4. The van der Waals surface area contributed by atoms with E-state index in [-0.39, 0.29) is 16.5 Å². The lowest BCUT2D eigenvalue weighted by atomic mass is 10.1. The van der Waals surface area contributed by atoms with E-state index in [0.717, 1.165) is 25.1 Å². The summed E-state index contributed by atoms with van der Waals surface area (Å²) >= 11 is 0. The van der Waals surface area contributed by atoms with Crippen LogP contribution in [0.2, 0.25) is 0 Å². The van der Waals surface area contributed by atoms with E-state index < -0.39 is 22.0 Å². The van der Waals surface area contributed by atoms with Crippen LogP contribution in [-0.4, -0.2) is 43.0 Å². The number of aromatic nitrogens is 1. The van der Waals surface area contributed by atoms with E-state index in [4.69, 9.17) is 5.11 Å². The van der Waals surface area contributed by atoms with Gasteiger partial charge in [0.2, 0.25) is 15.9 Å². The van der Waals surface area contributed by atoms with Gasteiger partial charge in [-0.25, -0.2) is 13.2 Å². The lowest BCUT2D eigenvalue weighted by Gasteiger charge is -2.14. The van der Waals surface area contributed by atoms with Crippen LogP contribution >= 0.6 is 0 Å². The van der Waals surface area contributed by atoms with Crippen LogP contribution in [0.4, 0.5) is 0 Å². The smallest absolute Gasteiger partial charge is 0.352 e. The first kappa shape index (κ1) is 14.5. The Labute approximate surface area is 115 Å². The van der Waals surface area contributed by atoms with Crippen molar-refractivity contribution in [3.05, 3.63) is 18.0 Å². The average Bonchev–Trinajstić information content (AvgIpc) is 2.79. The number of carbonyl (C=O) groups excluding carboxylic acids is 1. The molecule has 0 saturated carbocycles. The zero-order chi connectivity index (χ0) is 14.8. The summed E-state index contributed by atoms with van der Waals surface area (Å²) in [5.74, 6) is -1.61. The zero-order valence-corrected chi connectivity index (χ0v) is 11.4. The van der Waals surface area contributed by atoms with Crippen molar-refractivity contribution in [2.45, 2.75) is 30.2 Å². The van der Waals surface area contributed by atoms with Crippen LogP contribution < -0.4 is 10.0 Å². The Balaban J connectivity index is 2.17. The van der Waals surface area contributed by atoms with E-state index in [1.165, 1.54) is 0 Å². The monoisotopic (exact) mass is 301 g/mol. The van der Waals surface area contributed by atoms with E-state index in [1.807, 2.05) is 0 Å². The normalized spacial score (nSPS) is 20.2. The number of hydrogen-bond acceptors (Lipinski definition) is 4. The molecular weight excluding hydrogens is 286 g/mol. The van der Waals surface area contributed by atoms with Crippen LogP contribution in [-0.2, 0) is 14.8 Å². The fourth-order valence-corrected chi connectivity index (χ4v) is 3.18. The van der Waals surface area contributed by atoms with Gasteiger partial charge in [-0.05, 0) is 25.3 Å². The van der Waals surface area contributed by atoms with Crippen molar-refractivity contribution in [3.63, 3.8) is 0 Å². The molecule has 0 spiro atoms. The van der Waals surface area contributed by atoms with E-state index in [2.05, 4.69) is 15.0 Å². The second-order valence-corrected chi connectivity index (χ2v) is 6.23. The highest BCUT2D eigenvalue weighted by Crippen LogP contribution is 2.14. The number of carbonyl (C=O) groups is 2. The van der Waals surface area contributed by atoms with Gasteiger partial charge in [-0.2, -0.15) is 4.72 Å². The van der Waals surface area contributed by atoms with Crippen molar-refractivity contribution in [2.24, 2.45) is 0 Å². The van der Waals surface area contributed by atoms with Crippen molar-refractivity contribution in [2.75, 3.05) is 6.54 Å². The SMILES string of the molecule is O=C(O)c1cc(S(=O)(=O)NC2CCCCNC2=O)c[nH]1. The molecule has 20 heavy (non-hydrogen) atoms. The van der Waals surface area contributed by atoms with Crippen molar-refractivity contribution >= 4 is 21.9 Å². The van der Waals surface area contributed by atoms with Gasteiger partial charge in [-0.3, -0.25) is 4.79 Å². The summed E-state index contributed by atoms with van der Waals surface area (Å²) in [4.78, 5) is 24.6. The number of aromatic amines is 1. The maximum Gasteiger partial charge on any atom is 0.352 e. The first-order valence-corrected chi connectivity index (χ1v) is 7.60. The lowest BCUT2D eigenvalue weighted by molar-refractivity contribution is -0.122. The van der Waals surface area contributed by atoms with Crippen LogP contribution in [0.1, 0.15) is 29.8 Å². The second kappa shape index (κ2) is 5.63. The predicted octanol–water partition coefficient (Wildman–Crippen LogP) is -0.340. The summed E-state index contributed by atoms with van der Waals surface area (Å²) in [6.45, 7) is 0.532. The van der Waals surface area contributed by atoms with Crippen molar-refractivity contribution in [3.8, 4) is 0 Å². The standard InChI is InChI=1S/C11H15N3O5S/c15-10-8(3-1-2-4-12-10)14-20(18,19)7-5-9(11(16)17)13-6-7/h5-6,8,13-14H,1-4H2,(H,12,15)(H,16,17). The Morgan fingerprint density at radius 1 is 1.40 bits per heavy atom. The Bertz CT molecular complexity index is 622. The van der Waals surface area contributed by atoms with Crippen molar-refractivity contribution in [1.29, 1.82) is 0 Å². The van der Waals surface area contributed by atoms with Gasteiger partial charge >= 0.3 is 5.97 Å². The molecule has 1 aromatic rings. The third kappa shape index (κ3) is 3.17. The van der Waals surface area contributed by atoms with Crippen LogP contribution in [0.5, 0.6) is 0 Å². The van der Waals surface area contributed by atoms with Gasteiger partial charge in [0.1, 0.15) is 16.6 Å². The number of hydrogen-bond donors (Lipinski definition) is 4. The van der Waals surface area contributed by atoms with Crippen molar-refractivity contribution < 1.29 is 23.1 Å².